The van der Waals surface area contributed by atoms with E-state index >= 15 is 0 Å². The molecule has 172 valence electrons. The second-order valence-corrected chi connectivity index (χ2v) is 8.79. The fraction of sp³-hybridized carbons (Fsp3) is 0.417. The van der Waals surface area contributed by atoms with Crippen molar-refractivity contribution in [3.05, 3.63) is 65.7 Å². The van der Waals surface area contributed by atoms with E-state index in [1.807, 2.05) is 54.4 Å². The Labute approximate surface area is 193 Å². The molecule has 1 aliphatic heterocycles. The van der Waals surface area contributed by atoms with Crippen LogP contribution in [0.4, 0.5) is 14.5 Å². The second-order valence-electron chi connectivity index (χ2n) is 7.68. The van der Waals surface area contributed by atoms with Gasteiger partial charge in [0.05, 0.1) is 6.54 Å². The molecule has 0 amide bonds. The van der Waals surface area contributed by atoms with E-state index in [0.717, 1.165) is 23.5 Å². The van der Waals surface area contributed by atoms with Gasteiger partial charge in [0.25, 0.3) is 6.43 Å². The first-order chi connectivity index (χ1) is 15.6. The van der Waals surface area contributed by atoms with Gasteiger partial charge in [0.2, 0.25) is 5.90 Å². The number of rotatable bonds is 11. The Bertz CT molecular complexity index is 864. The van der Waals surface area contributed by atoms with Crippen molar-refractivity contribution in [2.24, 2.45) is 10.2 Å². The highest BCUT2D eigenvalue weighted by Crippen LogP contribution is 2.26. The molecule has 0 aromatic heterocycles. The standard InChI is InChI=1S/C24H30F2N4OS/c1-19-7-6-14-29(19)15-16-32-30(22-8-4-3-5-9-22)17-20-10-12-21(13-11-20)24(28-27-2)31-18-23(25)26/h3-5,8-13,19,23H,2,6-7,14-18H2,1H3/b28-24-. The smallest absolute Gasteiger partial charge is 0.272 e. The predicted octanol–water partition coefficient (Wildman–Crippen LogP) is 5.47. The molecule has 5 nitrogen and oxygen atoms in total. The van der Waals surface area contributed by atoms with E-state index < -0.39 is 13.0 Å². The van der Waals surface area contributed by atoms with Gasteiger partial charge >= 0.3 is 0 Å². The number of ether oxygens (including phenoxy) is 1. The van der Waals surface area contributed by atoms with Crippen molar-refractivity contribution < 1.29 is 13.5 Å². The van der Waals surface area contributed by atoms with Crippen molar-refractivity contribution in [1.82, 2.24) is 4.90 Å². The van der Waals surface area contributed by atoms with Gasteiger partial charge in [0.15, 0.2) is 6.61 Å². The van der Waals surface area contributed by atoms with Crippen LogP contribution >= 0.6 is 11.9 Å². The summed E-state index contributed by atoms with van der Waals surface area (Å²) in [5.41, 5.74) is 2.83. The molecule has 1 unspecified atom stereocenters. The monoisotopic (exact) mass is 460 g/mol. The minimum Gasteiger partial charge on any atom is -0.470 e. The maximum atomic E-state index is 12.5. The topological polar surface area (TPSA) is 40.4 Å². The van der Waals surface area contributed by atoms with Crippen molar-refractivity contribution in [2.75, 3.05) is 29.8 Å². The molecule has 32 heavy (non-hydrogen) atoms. The van der Waals surface area contributed by atoms with Gasteiger partial charge in [-0.15, -0.1) is 5.10 Å². The molecule has 1 saturated heterocycles. The number of para-hydroxylation sites is 1. The zero-order valence-electron chi connectivity index (χ0n) is 18.4. The third kappa shape index (κ3) is 7.31. The normalized spacial score (nSPS) is 17.0. The van der Waals surface area contributed by atoms with E-state index in [-0.39, 0.29) is 5.90 Å². The molecule has 1 fully saturated rings. The number of likely N-dealkylation sites (tertiary alicyclic amines) is 1. The molecule has 3 rings (SSSR count). The van der Waals surface area contributed by atoms with Crippen molar-refractivity contribution in [1.29, 1.82) is 0 Å². The summed E-state index contributed by atoms with van der Waals surface area (Å²) in [6.45, 7) is 7.84. The van der Waals surface area contributed by atoms with Crippen LogP contribution < -0.4 is 4.31 Å². The molecule has 2 aromatic rings. The van der Waals surface area contributed by atoms with Crippen molar-refractivity contribution in [3.8, 4) is 0 Å². The fourth-order valence-electron chi connectivity index (χ4n) is 3.69. The summed E-state index contributed by atoms with van der Waals surface area (Å²) in [4.78, 5) is 2.55. The Balaban J connectivity index is 1.65. The first-order valence-electron chi connectivity index (χ1n) is 10.8. The number of anilines is 1. The number of hydrogen-bond donors (Lipinski definition) is 0. The summed E-state index contributed by atoms with van der Waals surface area (Å²) < 4.78 is 32.4. The average Bonchev–Trinajstić information content (AvgIpc) is 3.21. The molecule has 0 radical (unpaired) electrons. The third-order valence-corrected chi connectivity index (χ3v) is 6.41. The molecular formula is C24H30F2N4OS. The van der Waals surface area contributed by atoms with E-state index in [1.54, 1.807) is 0 Å². The lowest BCUT2D eigenvalue weighted by Crippen LogP contribution is -2.30. The zero-order valence-corrected chi connectivity index (χ0v) is 19.2. The Morgan fingerprint density at radius 2 is 1.97 bits per heavy atom. The van der Waals surface area contributed by atoms with Gasteiger partial charge in [-0.25, -0.2) is 8.78 Å². The van der Waals surface area contributed by atoms with Crippen molar-refractivity contribution >= 4 is 30.3 Å². The lowest BCUT2D eigenvalue weighted by molar-refractivity contribution is 0.0765. The third-order valence-electron chi connectivity index (χ3n) is 5.40. The quantitative estimate of drug-likeness (QED) is 0.193. The van der Waals surface area contributed by atoms with E-state index in [2.05, 4.69) is 45.2 Å². The van der Waals surface area contributed by atoms with Gasteiger partial charge < -0.3 is 9.04 Å². The average molecular weight is 461 g/mol. The van der Waals surface area contributed by atoms with Gasteiger partial charge in [0.1, 0.15) is 0 Å². The molecule has 0 bridgehead atoms. The van der Waals surface area contributed by atoms with Crippen molar-refractivity contribution in [3.63, 3.8) is 0 Å². The number of benzene rings is 2. The van der Waals surface area contributed by atoms with E-state index in [9.17, 15) is 8.78 Å². The van der Waals surface area contributed by atoms with Crippen LogP contribution in [0.3, 0.4) is 0 Å². The van der Waals surface area contributed by atoms with Crippen molar-refractivity contribution in [2.45, 2.75) is 38.8 Å². The Kier molecular flexibility index (Phi) is 9.49. The predicted molar refractivity (Wildman–Crippen MR) is 130 cm³/mol. The molecule has 0 saturated carbocycles. The molecule has 1 heterocycles. The SMILES string of the molecule is C=N/N=C(\OCC(F)F)c1ccc(CN(SCCN2CCCC2C)c2ccccc2)cc1. The van der Waals surface area contributed by atoms with Crippen LogP contribution in [0, 0.1) is 0 Å². The summed E-state index contributed by atoms with van der Waals surface area (Å²) in [6, 6.07) is 18.5. The van der Waals surface area contributed by atoms with Crippen LogP contribution in [0.2, 0.25) is 0 Å². The number of hydrogen-bond acceptors (Lipinski definition) is 6. The van der Waals surface area contributed by atoms with E-state index in [4.69, 9.17) is 4.74 Å². The molecule has 0 N–H and O–H groups in total. The maximum Gasteiger partial charge on any atom is 0.272 e. The van der Waals surface area contributed by atoms with Crippen LogP contribution in [-0.2, 0) is 11.3 Å². The lowest BCUT2D eigenvalue weighted by atomic mass is 10.1. The highest BCUT2D eigenvalue weighted by Gasteiger charge is 2.20. The molecule has 0 aliphatic carbocycles. The summed E-state index contributed by atoms with van der Waals surface area (Å²) in [5, 5.41) is 7.17. The number of halogens is 2. The number of alkyl halides is 2. The largest absolute Gasteiger partial charge is 0.470 e. The zero-order chi connectivity index (χ0) is 22.8. The fourth-order valence-corrected chi connectivity index (χ4v) is 4.74. The highest BCUT2D eigenvalue weighted by atomic mass is 32.2. The van der Waals surface area contributed by atoms with Gasteiger partial charge in [-0.1, -0.05) is 30.3 Å². The Morgan fingerprint density at radius 3 is 2.59 bits per heavy atom. The Morgan fingerprint density at radius 1 is 1.22 bits per heavy atom. The molecule has 1 aliphatic rings. The van der Waals surface area contributed by atoms with Gasteiger partial charge in [-0.2, -0.15) is 5.10 Å². The molecule has 0 spiro atoms. The molecular weight excluding hydrogens is 430 g/mol. The first-order valence-corrected chi connectivity index (χ1v) is 11.7. The summed E-state index contributed by atoms with van der Waals surface area (Å²) in [7, 11) is 0. The molecule has 2 aromatic carbocycles. The van der Waals surface area contributed by atoms with E-state index in [1.165, 1.54) is 19.4 Å². The number of nitrogens with zero attached hydrogens (tertiary/aromatic N) is 4. The second kappa shape index (κ2) is 12.6. The minimum atomic E-state index is -2.58. The minimum absolute atomic E-state index is 0.0425. The van der Waals surface area contributed by atoms with Crippen LogP contribution in [0.25, 0.3) is 0 Å². The van der Waals surface area contributed by atoms with Gasteiger partial charge in [-0.3, -0.25) is 4.90 Å². The highest BCUT2D eigenvalue weighted by molar-refractivity contribution is 8.00. The summed E-state index contributed by atoms with van der Waals surface area (Å²) >= 11 is 1.82. The summed E-state index contributed by atoms with van der Waals surface area (Å²) in [5.74, 6) is 1.06. The van der Waals surface area contributed by atoms with E-state index in [0.29, 0.717) is 18.2 Å². The van der Waals surface area contributed by atoms with Crippen LogP contribution in [0.5, 0.6) is 0 Å². The van der Waals surface area contributed by atoms with Crippen LogP contribution in [0.15, 0.2) is 64.8 Å². The van der Waals surface area contributed by atoms with Crippen LogP contribution in [0.1, 0.15) is 30.9 Å². The Hall–Kier alpha value is -2.45. The van der Waals surface area contributed by atoms with Gasteiger partial charge in [-0.05, 0) is 68.1 Å². The first kappa shape index (κ1) is 24.2. The molecule has 1 atom stereocenters. The lowest BCUT2D eigenvalue weighted by Gasteiger charge is -2.26. The maximum absolute atomic E-state index is 12.5. The van der Waals surface area contributed by atoms with Gasteiger partial charge in [0, 0.05) is 36.3 Å². The molecule has 8 heteroatoms. The van der Waals surface area contributed by atoms with Crippen LogP contribution in [-0.4, -0.2) is 55.4 Å². The summed E-state index contributed by atoms with van der Waals surface area (Å²) in [6.07, 6.45) is -0.00854.